The summed E-state index contributed by atoms with van der Waals surface area (Å²) in [7, 11) is 0. The SMILES string of the molecule is CC1=C[C@@](CF)(c2cc(CC(=O)c3ncc(OCF)nc3N)ccc2F)N=C(N)O1. The molecule has 1 aliphatic heterocycles. The molecule has 0 amide bonds. The number of rotatable bonds is 7. The molecule has 8 nitrogen and oxygen atoms in total. The van der Waals surface area contributed by atoms with Gasteiger partial charge in [-0.15, -0.1) is 0 Å². The Morgan fingerprint density at radius 2 is 2.07 bits per heavy atom. The molecule has 1 aliphatic rings. The Balaban J connectivity index is 1.92. The molecule has 11 heteroatoms. The van der Waals surface area contributed by atoms with Gasteiger partial charge in [0.25, 0.3) is 6.02 Å². The van der Waals surface area contributed by atoms with Crippen LogP contribution in [0.4, 0.5) is 19.0 Å². The maximum atomic E-state index is 14.6. The third kappa shape index (κ3) is 4.19. The summed E-state index contributed by atoms with van der Waals surface area (Å²) < 4.78 is 50.4. The number of nitrogens with two attached hydrogens (primary N) is 2. The highest BCUT2D eigenvalue weighted by Crippen LogP contribution is 2.35. The summed E-state index contributed by atoms with van der Waals surface area (Å²) in [6.45, 7) is -0.659. The minimum Gasteiger partial charge on any atom is -0.445 e. The van der Waals surface area contributed by atoms with Crippen molar-refractivity contribution in [1.29, 1.82) is 0 Å². The van der Waals surface area contributed by atoms with Gasteiger partial charge in [-0.1, -0.05) is 6.07 Å². The second-order valence-corrected chi connectivity index (χ2v) is 6.47. The molecule has 1 aromatic carbocycles. The van der Waals surface area contributed by atoms with Crippen molar-refractivity contribution < 1.29 is 27.4 Å². The van der Waals surface area contributed by atoms with Gasteiger partial charge in [0.2, 0.25) is 12.7 Å². The summed E-state index contributed by atoms with van der Waals surface area (Å²) in [5.74, 6) is -1.40. The zero-order valence-electron chi connectivity index (χ0n) is 15.9. The summed E-state index contributed by atoms with van der Waals surface area (Å²) in [6.07, 6.45) is 2.15. The zero-order chi connectivity index (χ0) is 21.9. The number of hydrogen-bond donors (Lipinski definition) is 2. The molecule has 0 saturated heterocycles. The maximum Gasteiger partial charge on any atom is 0.288 e. The van der Waals surface area contributed by atoms with E-state index in [1.807, 2.05) is 0 Å². The molecular formula is C19H18F3N5O3. The van der Waals surface area contributed by atoms with Crippen LogP contribution in [-0.2, 0) is 16.7 Å². The van der Waals surface area contributed by atoms with Crippen LogP contribution in [-0.4, -0.2) is 35.3 Å². The lowest BCUT2D eigenvalue weighted by atomic mass is 9.88. The Morgan fingerprint density at radius 1 is 1.30 bits per heavy atom. The largest absolute Gasteiger partial charge is 0.445 e. The van der Waals surface area contributed by atoms with E-state index in [1.165, 1.54) is 25.1 Å². The van der Waals surface area contributed by atoms with Crippen molar-refractivity contribution in [2.75, 3.05) is 19.3 Å². The van der Waals surface area contributed by atoms with Crippen molar-refractivity contribution in [3.05, 3.63) is 58.9 Å². The van der Waals surface area contributed by atoms with Gasteiger partial charge in [0.05, 0.1) is 6.20 Å². The number of nitrogen functional groups attached to an aromatic ring is 1. The fourth-order valence-electron chi connectivity index (χ4n) is 3.07. The van der Waals surface area contributed by atoms with Gasteiger partial charge in [-0.05, 0) is 30.7 Å². The molecule has 2 heterocycles. The Bertz CT molecular complexity index is 1020. The van der Waals surface area contributed by atoms with Crippen LogP contribution in [0.25, 0.3) is 0 Å². The van der Waals surface area contributed by atoms with Crippen LogP contribution in [0, 0.1) is 5.82 Å². The molecule has 0 spiro atoms. The van der Waals surface area contributed by atoms with E-state index in [2.05, 4.69) is 19.7 Å². The molecule has 0 bridgehead atoms. The molecule has 0 saturated carbocycles. The number of amidine groups is 1. The first-order chi connectivity index (χ1) is 14.3. The van der Waals surface area contributed by atoms with Crippen LogP contribution in [0.5, 0.6) is 5.88 Å². The molecule has 30 heavy (non-hydrogen) atoms. The first-order valence-corrected chi connectivity index (χ1v) is 8.70. The normalized spacial score (nSPS) is 18.3. The Kier molecular flexibility index (Phi) is 5.90. The molecule has 0 radical (unpaired) electrons. The molecule has 3 rings (SSSR count). The van der Waals surface area contributed by atoms with Crippen molar-refractivity contribution in [2.45, 2.75) is 18.9 Å². The lowest BCUT2D eigenvalue weighted by molar-refractivity contribution is 0.0988. The number of alkyl halides is 2. The number of anilines is 1. The second-order valence-electron chi connectivity index (χ2n) is 6.47. The van der Waals surface area contributed by atoms with Gasteiger partial charge in [0.1, 0.15) is 29.5 Å². The number of nitrogens with zero attached hydrogens (tertiary/aromatic N) is 3. The highest BCUT2D eigenvalue weighted by Gasteiger charge is 2.36. The smallest absolute Gasteiger partial charge is 0.288 e. The van der Waals surface area contributed by atoms with Crippen molar-refractivity contribution >= 4 is 17.6 Å². The number of allylic oxidation sites excluding steroid dienone is 1. The maximum absolute atomic E-state index is 14.6. The number of Topliss-reactive ketones (excluding diaryl/α,β-unsaturated/α-hetero) is 1. The second kappa shape index (κ2) is 8.39. The van der Waals surface area contributed by atoms with Crippen LogP contribution in [0.3, 0.4) is 0 Å². The van der Waals surface area contributed by atoms with E-state index >= 15 is 0 Å². The minimum atomic E-state index is -1.71. The summed E-state index contributed by atoms with van der Waals surface area (Å²) >= 11 is 0. The highest BCUT2D eigenvalue weighted by molar-refractivity contribution is 5.99. The number of carbonyl (C=O) groups is 1. The fourth-order valence-corrected chi connectivity index (χ4v) is 3.07. The highest BCUT2D eigenvalue weighted by atomic mass is 19.1. The van der Waals surface area contributed by atoms with Crippen molar-refractivity contribution in [3.63, 3.8) is 0 Å². The number of ketones is 1. The van der Waals surface area contributed by atoms with E-state index in [-0.39, 0.29) is 41.2 Å². The first kappa shape index (κ1) is 21.1. The van der Waals surface area contributed by atoms with Gasteiger partial charge in [0, 0.05) is 12.0 Å². The number of aromatic nitrogens is 2. The van der Waals surface area contributed by atoms with Gasteiger partial charge >= 0.3 is 0 Å². The Morgan fingerprint density at radius 3 is 2.70 bits per heavy atom. The molecule has 0 fully saturated rings. The third-order valence-corrected chi connectivity index (χ3v) is 4.33. The molecule has 1 atom stereocenters. The monoisotopic (exact) mass is 421 g/mol. The van der Waals surface area contributed by atoms with Crippen LogP contribution in [0.15, 0.2) is 41.2 Å². The summed E-state index contributed by atoms with van der Waals surface area (Å²) in [6, 6.07) is 3.50. The zero-order valence-corrected chi connectivity index (χ0v) is 15.9. The first-order valence-electron chi connectivity index (χ1n) is 8.70. The van der Waals surface area contributed by atoms with Gasteiger partial charge in [0.15, 0.2) is 11.6 Å². The van der Waals surface area contributed by atoms with Crippen LogP contribution in [0.1, 0.15) is 28.5 Å². The molecule has 1 aromatic heterocycles. The number of hydrogen-bond acceptors (Lipinski definition) is 8. The quantitative estimate of drug-likeness (QED) is 0.657. The van der Waals surface area contributed by atoms with Crippen LogP contribution in [0.2, 0.25) is 0 Å². The fraction of sp³-hybridized carbons (Fsp3) is 0.263. The molecule has 0 unspecified atom stereocenters. The number of carbonyl (C=O) groups excluding carboxylic acids is 1. The van der Waals surface area contributed by atoms with E-state index < -0.39 is 30.7 Å². The molecular weight excluding hydrogens is 403 g/mol. The van der Waals surface area contributed by atoms with E-state index in [0.717, 1.165) is 12.3 Å². The predicted molar refractivity (Wildman–Crippen MR) is 102 cm³/mol. The van der Waals surface area contributed by atoms with E-state index in [4.69, 9.17) is 16.2 Å². The van der Waals surface area contributed by atoms with Gasteiger partial charge < -0.3 is 20.9 Å². The molecule has 0 aliphatic carbocycles. The van der Waals surface area contributed by atoms with Crippen molar-refractivity contribution in [3.8, 4) is 5.88 Å². The topological polar surface area (TPSA) is 126 Å². The van der Waals surface area contributed by atoms with Gasteiger partial charge in [-0.25, -0.2) is 23.1 Å². The standard InChI is InChI=1S/C19H18F3N5O3/c1-10-6-19(8-20,27-18(24)30-10)12-4-11(2-3-13(12)22)5-14(28)16-17(23)26-15(7-25-16)29-9-21/h2-4,6-7H,5,8-9H2,1H3,(H2,23,26)(H2,24,27)/t19-/m1/s1. The summed E-state index contributed by atoms with van der Waals surface area (Å²) in [4.78, 5) is 24.1. The van der Waals surface area contributed by atoms with Gasteiger partial charge in [-0.3, -0.25) is 4.79 Å². The molecule has 158 valence electrons. The predicted octanol–water partition coefficient (Wildman–Crippen LogP) is 2.34. The average Bonchev–Trinajstić information content (AvgIpc) is 2.68. The van der Waals surface area contributed by atoms with Gasteiger partial charge in [-0.2, -0.15) is 4.98 Å². The van der Waals surface area contributed by atoms with Crippen LogP contribution >= 0.6 is 0 Å². The third-order valence-electron chi connectivity index (χ3n) is 4.33. The number of ether oxygens (including phenoxy) is 2. The summed E-state index contributed by atoms with van der Waals surface area (Å²) in [5.41, 5.74) is 9.67. The Labute approximate surface area is 169 Å². The Hall–Kier alpha value is -3.63. The molecule has 4 N–H and O–H groups in total. The van der Waals surface area contributed by atoms with E-state index in [0.29, 0.717) is 5.56 Å². The number of aliphatic imine (C=N–C) groups is 1. The lowest BCUT2D eigenvalue weighted by Gasteiger charge is -2.29. The van der Waals surface area contributed by atoms with E-state index in [9.17, 15) is 18.0 Å². The number of halogens is 3. The van der Waals surface area contributed by atoms with Crippen molar-refractivity contribution in [1.82, 2.24) is 9.97 Å². The average molecular weight is 421 g/mol. The molecule has 2 aromatic rings. The van der Waals surface area contributed by atoms with Crippen LogP contribution < -0.4 is 16.2 Å². The van der Waals surface area contributed by atoms with Crippen molar-refractivity contribution in [2.24, 2.45) is 10.7 Å². The summed E-state index contributed by atoms with van der Waals surface area (Å²) in [5, 5.41) is 0. The lowest BCUT2D eigenvalue weighted by Crippen LogP contribution is -2.34. The van der Waals surface area contributed by atoms with E-state index in [1.54, 1.807) is 0 Å². The minimum absolute atomic E-state index is 0.105. The number of benzene rings is 1.